The van der Waals surface area contributed by atoms with Crippen molar-refractivity contribution < 1.29 is 13.6 Å². The number of para-hydroxylation sites is 1. The fourth-order valence-corrected chi connectivity index (χ4v) is 1.88. The van der Waals surface area contributed by atoms with E-state index in [1.807, 2.05) is 24.3 Å². The molecule has 1 amide bonds. The highest BCUT2D eigenvalue weighted by molar-refractivity contribution is 5.88. The molecule has 0 aliphatic rings. The van der Waals surface area contributed by atoms with Gasteiger partial charge < -0.3 is 9.88 Å². The van der Waals surface area contributed by atoms with E-state index in [1.54, 1.807) is 6.20 Å². The average molecular weight is 252 g/mol. The third kappa shape index (κ3) is 2.67. The highest BCUT2D eigenvalue weighted by Gasteiger charge is 2.15. The van der Waals surface area contributed by atoms with Gasteiger partial charge in [0.05, 0.1) is 13.0 Å². The number of carbonyl (C=O) groups excluding carboxylic acids is 1. The Labute approximate surface area is 103 Å². The summed E-state index contributed by atoms with van der Waals surface area (Å²) >= 11 is 0. The minimum atomic E-state index is -2.50. The summed E-state index contributed by atoms with van der Waals surface area (Å²) in [4.78, 5) is 15.9. The van der Waals surface area contributed by atoms with Gasteiger partial charge in [-0.3, -0.25) is 4.79 Å². The van der Waals surface area contributed by atoms with Crippen molar-refractivity contribution in [1.82, 2.24) is 9.88 Å². The molecule has 1 aromatic heterocycles. The van der Waals surface area contributed by atoms with Gasteiger partial charge in [0.1, 0.15) is 0 Å². The number of aromatic amines is 1. The van der Waals surface area contributed by atoms with Crippen LogP contribution in [0.15, 0.2) is 30.5 Å². The van der Waals surface area contributed by atoms with Crippen LogP contribution >= 0.6 is 0 Å². The molecule has 0 radical (unpaired) electrons. The van der Waals surface area contributed by atoms with Crippen molar-refractivity contribution in [2.24, 2.45) is 0 Å². The lowest BCUT2D eigenvalue weighted by molar-refractivity contribution is -0.130. The highest BCUT2D eigenvalue weighted by Crippen LogP contribution is 2.18. The number of hydrogen-bond acceptors (Lipinski definition) is 1. The Morgan fingerprint density at radius 3 is 2.83 bits per heavy atom. The van der Waals surface area contributed by atoms with Gasteiger partial charge in [0.2, 0.25) is 5.91 Å². The van der Waals surface area contributed by atoms with Crippen LogP contribution in [0.5, 0.6) is 0 Å². The summed E-state index contributed by atoms with van der Waals surface area (Å²) in [5.41, 5.74) is 1.77. The van der Waals surface area contributed by atoms with Crippen molar-refractivity contribution >= 4 is 16.8 Å². The number of benzene rings is 1. The molecule has 0 saturated carbocycles. The van der Waals surface area contributed by atoms with Crippen LogP contribution in [0.3, 0.4) is 0 Å². The maximum Gasteiger partial charge on any atom is 0.255 e. The van der Waals surface area contributed by atoms with Gasteiger partial charge in [0.15, 0.2) is 0 Å². The van der Waals surface area contributed by atoms with Gasteiger partial charge in [-0.05, 0) is 11.6 Å². The number of fused-ring (bicyclic) bond motifs is 1. The molecule has 2 aromatic rings. The predicted molar refractivity (Wildman–Crippen MR) is 65.6 cm³/mol. The lowest BCUT2D eigenvalue weighted by atomic mass is 10.1. The first-order valence-corrected chi connectivity index (χ1v) is 5.65. The van der Waals surface area contributed by atoms with E-state index in [0.717, 1.165) is 21.4 Å². The molecule has 0 bridgehead atoms. The molecular weight excluding hydrogens is 238 g/mol. The Morgan fingerprint density at radius 2 is 2.11 bits per heavy atom. The zero-order chi connectivity index (χ0) is 13.1. The van der Waals surface area contributed by atoms with Crippen LogP contribution in [0.1, 0.15) is 5.56 Å². The molecule has 18 heavy (non-hydrogen) atoms. The van der Waals surface area contributed by atoms with Gasteiger partial charge in [0.25, 0.3) is 6.43 Å². The molecule has 1 aromatic carbocycles. The number of halogens is 2. The van der Waals surface area contributed by atoms with Crippen LogP contribution in [-0.2, 0) is 11.2 Å². The summed E-state index contributed by atoms with van der Waals surface area (Å²) in [5, 5.41) is 0.955. The van der Waals surface area contributed by atoms with Crippen LogP contribution in [-0.4, -0.2) is 35.8 Å². The molecule has 1 heterocycles. The number of H-pyrrole nitrogens is 1. The first kappa shape index (κ1) is 12.5. The van der Waals surface area contributed by atoms with E-state index >= 15 is 0 Å². The van der Waals surface area contributed by atoms with Crippen molar-refractivity contribution in [2.45, 2.75) is 12.8 Å². The third-order valence-electron chi connectivity index (χ3n) is 2.85. The highest BCUT2D eigenvalue weighted by atomic mass is 19.3. The number of alkyl halides is 2. The molecule has 0 saturated heterocycles. The lowest BCUT2D eigenvalue weighted by Gasteiger charge is -2.16. The first-order chi connectivity index (χ1) is 8.58. The van der Waals surface area contributed by atoms with Crippen molar-refractivity contribution in [1.29, 1.82) is 0 Å². The monoisotopic (exact) mass is 252 g/mol. The summed E-state index contributed by atoms with van der Waals surface area (Å²) in [6.07, 6.45) is -0.617. The van der Waals surface area contributed by atoms with E-state index in [-0.39, 0.29) is 12.3 Å². The van der Waals surface area contributed by atoms with Gasteiger partial charge in [-0.15, -0.1) is 0 Å². The van der Waals surface area contributed by atoms with E-state index < -0.39 is 13.0 Å². The second-order valence-corrected chi connectivity index (χ2v) is 4.20. The second-order valence-electron chi connectivity index (χ2n) is 4.20. The fraction of sp³-hybridized carbons (Fsp3) is 0.308. The predicted octanol–water partition coefficient (Wildman–Crippen LogP) is 2.43. The first-order valence-electron chi connectivity index (χ1n) is 5.65. The summed E-state index contributed by atoms with van der Waals surface area (Å²) in [6, 6.07) is 7.59. The number of amides is 1. The standard InChI is InChI=1S/C13H14F2N2O/c1-17(8-12(14)15)13(18)6-9-7-16-11-5-3-2-4-10(9)11/h2-5,7,12,16H,6,8H2,1H3. The van der Waals surface area contributed by atoms with E-state index in [2.05, 4.69) is 4.98 Å². The van der Waals surface area contributed by atoms with Crippen LogP contribution in [0.25, 0.3) is 10.9 Å². The lowest BCUT2D eigenvalue weighted by Crippen LogP contribution is -2.32. The summed E-state index contributed by atoms with van der Waals surface area (Å²) in [6.45, 7) is -0.527. The minimum absolute atomic E-state index is 0.132. The largest absolute Gasteiger partial charge is 0.361 e. The summed E-state index contributed by atoms with van der Waals surface area (Å²) < 4.78 is 24.4. The van der Waals surface area contributed by atoms with Crippen molar-refractivity contribution in [3.05, 3.63) is 36.0 Å². The average Bonchev–Trinajstić information content (AvgIpc) is 2.72. The van der Waals surface area contributed by atoms with Gasteiger partial charge in [-0.25, -0.2) is 8.78 Å². The molecule has 96 valence electrons. The molecule has 0 atom stereocenters. The molecule has 2 rings (SSSR count). The zero-order valence-electron chi connectivity index (χ0n) is 9.99. The Kier molecular flexibility index (Phi) is 3.60. The number of carbonyl (C=O) groups is 1. The molecular formula is C13H14F2N2O. The number of rotatable bonds is 4. The Bertz CT molecular complexity index is 551. The Balaban J connectivity index is 2.12. The van der Waals surface area contributed by atoms with E-state index in [9.17, 15) is 13.6 Å². The van der Waals surface area contributed by atoms with Crippen molar-refractivity contribution in [2.75, 3.05) is 13.6 Å². The van der Waals surface area contributed by atoms with Crippen LogP contribution in [0.4, 0.5) is 8.78 Å². The van der Waals surface area contributed by atoms with Gasteiger partial charge in [-0.1, -0.05) is 18.2 Å². The van der Waals surface area contributed by atoms with Crippen LogP contribution in [0, 0.1) is 0 Å². The van der Waals surface area contributed by atoms with E-state index in [1.165, 1.54) is 7.05 Å². The number of aromatic nitrogens is 1. The van der Waals surface area contributed by atoms with Crippen LogP contribution < -0.4 is 0 Å². The second kappa shape index (κ2) is 5.16. The van der Waals surface area contributed by atoms with Crippen molar-refractivity contribution in [3.63, 3.8) is 0 Å². The maximum absolute atomic E-state index is 12.2. The Morgan fingerprint density at radius 1 is 1.39 bits per heavy atom. The molecule has 0 unspecified atom stereocenters. The van der Waals surface area contributed by atoms with Gasteiger partial charge in [0, 0.05) is 24.1 Å². The molecule has 3 nitrogen and oxygen atoms in total. The number of nitrogens with zero attached hydrogens (tertiary/aromatic N) is 1. The molecule has 0 aliphatic carbocycles. The summed E-state index contributed by atoms with van der Waals surface area (Å²) in [5.74, 6) is -0.306. The molecule has 5 heteroatoms. The topological polar surface area (TPSA) is 36.1 Å². The van der Waals surface area contributed by atoms with E-state index in [0.29, 0.717) is 0 Å². The minimum Gasteiger partial charge on any atom is -0.361 e. The summed E-state index contributed by atoms with van der Waals surface area (Å²) in [7, 11) is 1.39. The third-order valence-corrected chi connectivity index (χ3v) is 2.85. The van der Waals surface area contributed by atoms with Gasteiger partial charge >= 0.3 is 0 Å². The van der Waals surface area contributed by atoms with E-state index in [4.69, 9.17) is 0 Å². The quantitative estimate of drug-likeness (QED) is 0.891. The number of likely N-dealkylation sites (N-methyl/N-ethyl adjacent to an activating group) is 1. The zero-order valence-corrected chi connectivity index (χ0v) is 9.99. The number of hydrogen-bond donors (Lipinski definition) is 1. The molecule has 0 spiro atoms. The molecule has 0 aliphatic heterocycles. The normalized spacial score (nSPS) is 11.1. The smallest absolute Gasteiger partial charge is 0.255 e. The van der Waals surface area contributed by atoms with Gasteiger partial charge in [-0.2, -0.15) is 0 Å². The molecule has 1 N–H and O–H groups in total. The van der Waals surface area contributed by atoms with Crippen molar-refractivity contribution in [3.8, 4) is 0 Å². The SMILES string of the molecule is CN(CC(F)F)C(=O)Cc1c[nH]c2ccccc12. The maximum atomic E-state index is 12.2. The molecule has 0 fully saturated rings. The van der Waals surface area contributed by atoms with Crippen LogP contribution in [0.2, 0.25) is 0 Å². The number of nitrogens with one attached hydrogen (secondary N) is 1. The Hall–Kier alpha value is -1.91. The fourth-order valence-electron chi connectivity index (χ4n) is 1.88.